The van der Waals surface area contributed by atoms with E-state index < -0.39 is 0 Å². The van der Waals surface area contributed by atoms with Crippen molar-refractivity contribution in [3.63, 3.8) is 0 Å². The van der Waals surface area contributed by atoms with Crippen molar-refractivity contribution < 1.29 is 14.3 Å². The monoisotopic (exact) mass is 444 g/mol. The van der Waals surface area contributed by atoms with Crippen LogP contribution in [-0.2, 0) is 4.79 Å². The number of carbonyl (C=O) groups is 1. The van der Waals surface area contributed by atoms with Crippen molar-refractivity contribution >= 4 is 21.8 Å². The molecule has 2 aliphatic rings. The summed E-state index contributed by atoms with van der Waals surface area (Å²) in [6.45, 7) is 5.02. The van der Waals surface area contributed by atoms with Gasteiger partial charge in [0.1, 0.15) is 19.3 Å². The van der Waals surface area contributed by atoms with Gasteiger partial charge in [-0.1, -0.05) is 34.1 Å². The number of likely N-dealkylation sites (tertiary alicyclic amines) is 1. The molecule has 2 heterocycles. The third kappa shape index (κ3) is 4.18. The molecule has 2 aromatic carbocycles. The average molecular weight is 445 g/mol. The molecule has 4 rings (SSSR count). The number of hydrogen-bond acceptors (Lipinski definition) is 4. The number of benzene rings is 2. The molecule has 0 aromatic heterocycles. The molecule has 1 fully saturated rings. The Kier molecular flexibility index (Phi) is 5.87. The van der Waals surface area contributed by atoms with Gasteiger partial charge in [-0.3, -0.25) is 9.69 Å². The fourth-order valence-corrected chi connectivity index (χ4v) is 4.33. The fraction of sp³-hybridized carbons (Fsp3) is 0.409. The standard InChI is InChI=1S/C22H25BrN2O3/c1-15(16-7-8-19-20(14-16)28-12-11-27-19)24-22(26)21(25-9-2-3-10-25)17-5-4-6-18(23)13-17/h4-8,13-15,21H,2-3,9-12H2,1H3,(H,24,26)/t15-,21-/m1/s1. The maximum Gasteiger partial charge on any atom is 0.242 e. The minimum absolute atomic E-state index is 0.0300. The van der Waals surface area contributed by atoms with Crippen LogP contribution in [0, 0.1) is 0 Å². The van der Waals surface area contributed by atoms with Crippen molar-refractivity contribution in [2.45, 2.75) is 31.8 Å². The molecule has 0 unspecified atom stereocenters. The Labute approximate surface area is 174 Å². The molecule has 2 atom stereocenters. The predicted octanol–water partition coefficient (Wildman–Crippen LogP) is 4.23. The van der Waals surface area contributed by atoms with Gasteiger partial charge in [0.25, 0.3) is 0 Å². The lowest BCUT2D eigenvalue weighted by atomic mass is 10.0. The van der Waals surface area contributed by atoms with Gasteiger partial charge in [0.05, 0.1) is 6.04 Å². The predicted molar refractivity (Wildman–Crippen MR) is 112 cm³/mol. The Balaban J connectivity index is 1.53. The maximum absolute atomic E-state index is 13.3. The third-order valence-electron chi connectivity index (χ3n) is 5.34. The number of carbonyl (C=O) groups excluding carboxylic acids is 1. The lowest BCUT2D eigenvalue weighted by molar-refractivity contribution is -0.127. The lowest BCUT2D eigenvalue weighted by Gasteiger charge is -2.29. The van der Waals surface area contributed by atoms with E-state index in [1.165, 1.54) is 0 Å². The zero-order valence-corrected chi connectivity index (χ0v) is 17.6. The van der Waals surface area contributed by atoms with Gasteiger partial charge in [0.2, 0.25) is 5.91 Å². The molecule has 0 radical (unpaired) electrons. The summed E-state index contributed by atoms with van der Waals surface area (Å²) >= 11 is 3.53. The summed E-state index contributed by atoms with van der Waals surface area (Å²) < 4.78 is 12.3. The summed E-state index contributed by atoms with van der Waals surface area (Å²) in [5, 5.41) is 3.21. The zero-order chi connectivity index (χ0) is 19.5. The van der Waals surface area contributed by atoms with Crippen LogP contribution < -0.4 is 14.8 Å². The fourth-order valence-electron chi connectivity index (χ4n) is 3.91. The highest BCUT2D eigenvalue weighted by atomic mass is 79.9. The van der Waals surface area contributed by atoms with E-state index in [0.29, 0.717) is 13.2 Å². The van der Waals surface area contributed by atoms with Crippen molar-refractivity contribution in [2.75, 3.05) is 26.3 Å². The summed E-state index contributed by atoms with van der Waals surface area (Å²) in [4.78, 5) is 15.6. The smallest absolute Gasteiger partial charge is 0.242 e. The highest BCUT2D eigenvalue weighted by molar-refractivity contribution is 9.10. The van der Waals surface area contributed by atoms with Gasteiger partial charge in [0.15, 0.2) is 11.5 Å². The molecule has 0 spiro atoms. The molecule has 6 heteroatoms. The molecular formula is C22H25BrN2O3. The molecule has 0 saturated carbocycles. The van der Waals surface area contributed by atoms with Gasteiger partial charge in [0, 0.05) is 4.47 Å². The highest BCUT2D eigenvalue weighted by Gasteiger charge is 2.30. The minimum atomic E-state index is -0.278. The van der Waals surface area contributed by atoms with Crippen LogP contribution in [0.4, 0.5) is 0 Å². The number of halogens is 1. The SMILES string of the molecule is C[C@@H](NC(=O)[C@@H](c1cccc(Br)c1)N1CCCC1)c1ccc2c(c1)OCCO2. The molecule has 0 aliphatic carbocycles. The molecule has 1 N–H and O–H groups in total. The van der Waals surface area contributed by atoms with Crippen molar-refractivity contribution in [1.29, 1.82) is 0 Å². The molecule has 148 valence electrons. The summed E-state index contributed by atoms with van der Waals surface area (Å²) in [6, 6.07) is 13.5. The Bertz CT molecular complexity index is 851. The normalized spacial score (nSPS) is 18.5. The van der Waals surface area contributed by atoms with Gasteiger partial charge in [-0.05, 0) is 68.2 Å². The van der Waals surface area contributed by atoms with Crippen molar-refractivity contribution in [3.05, 3.63) is 58.1 Å². The van der Waals surface area contributed by atoms with Crippen LogP contribution in [0.1, 0.15) is 43.0 Å². The second-order valence-electron chi connectivity index (χ2n) is 7.33. The van der Waals surface area contributed by atoms with Gasteiger partial charge >= 0.3 is 0 Å². The third-order valence-corrected chi connectivity index (χ3v) is 5.84. The second-order valence-corrected chi connectivity index (χ2v) is 8.25. The number of ether oxygens (including phenoxy) is 2. The number of rotatable bonds is 5. The van der Waals surface area contributed by atoms with E-state index in [1.807, 2.05) is 49.4 Å². The molecule has 28 heavy (non-hydrogen) atoms. The molecule has 5 nitrogen and oxygen atoms in total. The van der Waals surface area contributed by atoms with E-state index in [4.69, 9.17) is 9.47 Å². The number of nitrogens with one attached hydrogen (secondary N) is 1. The average Bonchev–Trinajstić information content (AvgIpc) is 3.22. The van der Waals surface area contributed by atoms with Gasteiger partial charge in [-0.25, -0.2) is 0 Å². The first-order valence-corrected chi connectivity index (χ1v) is 10.6. The van der Waals surface area contributed by atoms with E-state index in [2.05, 4.69) is 26.1 Å². The van der Waals surface area contributed by atoms with E-state index in [1.54, 1.807) is 0 Å². The van der Waals surface area contributed by atoms with Crippen LogP contribution in [0.2, 0.25) is 0 Å². The van der Waals surface area contributed by atoms with Crippen LogP contribution >= 0.6 is 15.9 Å². The van der Waals surface area contributed by atoms with Gasteiger partial charge in [-0.2, -0.15) is 0 Å². The van der Waals surface area contributed by atoms with Crippen molar-refractivity contribution in [3.8, 4) is 11.5 Å². The van der Waals surface area contributed by atoms with Crippen LogP contribution in [0.5, 0.6) is 11.5 Å². The maximum atomic E-state index is 13.3. The number of nitrogens with zero attached hydrogens (tertiary/aromatic N) is 1. The Morgan fingerprint density at radius 1 is 1.04 bits per heavy atom. The molecule has 1 saturated heterocycles. The quantitative estimate of drug-likeness (QED) is 0.749. The number of hydrogen-bond donors (Lipinski definition) is 1. The largest absolute Gasteiger partial charge is 0.486 e. The highest BCUT2D eigenvalue weighted by Crippen LogP contribution is 2.33. The Hall–Kier alpha value is -2.05. The van der Waals surface area contributed by atoms with Crippen LogP contribution in [0.3, 0.4) is 0 Å². The molecule has 2 aromatic rings. The molecular weight excluding hydrogens is 420 g/mol. The van der Waals surface area contributed by atoms with Crippen LogP contribution in [0.25, 0.3) is 0 Å². The second kappa shape index (κ2) is 8.53. The van der Waals surface area contributed by atoms with E-state index in [-0.39, 0.29) is 18.0 Å². The minimum Gasteiger partial charge on any atom is -0.486 e. The first-order chi connectivity index (χ1) is 13.6. The Morgan fingerprint density at radius 2 is 1.79 bits per heavy atom. The molecule has 0 bridgehead atoms. The van der Waals surface area contributed by atoms with Gasteiger partial charge in [-0.15, -0.1) is 0 Å². The van der Waals surface area contributed by atoms with Crippen LogP contribution in [0.15, 0.2) is 46.9 Å². The summed E-state index contributed by atoms with van der Waals surface area (Å²) in [7, 11) is 0. The summed E-state index contributed by atoms with van der Waals surface area (Å²) in [5.41, 5.74) is 2.02. The summed E-state index contributed by atoms with van der Waals surface area (Å²) in [5.74, 6) is 1.54. The number of amides is 1. The first kappa shape index (κ1) is 19.3. The van der Waals surface area contributed by atoms with E-state index in [0.717, 1.165) is 53.0 Å². The Morgan fingerprint density at radius 3 is 2.54 bits per heavy atom. The first-order valence-electron chi connectivity index (χ1n) is 9.81. The topological polar surface area (TPSA) is 50.8 Å². The molecule has 1 amide bonds. The van der Waals surface area contributed by atoms with Crippen molar-refractivity contribution in [1.82, 2.24) is 10.2 Å². The number of fused-ring (bicyclic) bond motifs is 1. The van der Waals surface area contributed by atoms with Crippen LogP contribution in [-0.4, -0.2) is 37.1 Å². The van der Waals surface area contributed by atoms with E-state index >= 15 is 0 Å². The lowest BCUT2D eigenvalue weighted by Crippen LogP contribution is -2.40. The van der Waals surface area contributed by atoms with Gasteiger partial charge < -0.3 is 14.8 Å². The summed E-state index contributed by atoms with van der Waals surface area (Å²) in [6.07, 6.45) is 2.27. The van der Waals surface area contributed by atoms with E-state index in [9.17, 15) is 4.79 Å². The van der Waals surface area contributed by atoms with Crippen molar-refractivity contribution in [2.24, 2.45) is 0 Å². The zero-order valence-electron chi connectivity index (χ0n) is 16.0. The molecule has 2 aliphatic heterocycles.